The molecule has 0 unspecified atom stereocenters. The summed E-state index contributed by atoms with van der Waals surface area (Å²) < 4.78 is 0. The van der Waals surface area contributed by atoms with Crippen molar-refractivity contribution < 1.29 is 142 Å². The summed E-state index contributed by atoms with van der Waals surface area (Å²) in [4.78, 5) is 54.6. The van der Waals surface area contributed by atoms with Crippen LogP contribution in [0.2, 0.25) is 0 Å². The first kappa shape index (κ1) is 31.8. The Labute approximate surface area is 175 Å². The van der Waals surface area contributed by atoms with E-state index in [0.717, 1.165) is 0 Å². The van der Waals surface area contributed by atoms with Gasteiger partial charge in [-0.25, -0.2) is 28.8 Å². The predicted octanol–water partition coefficient (Wildman–Crippen LogP) is -2.53. The average molecular weight is 555 g/mol. The summed E-state index contributed by atoms with van der Waals surface area (Å²) in [5.74, 6) is -10.9. The molecule has 0 aliphatic rings. The van der Waals surface area contributed by atoms with E-state index >= 15 is 0 Å². The number of hydrogen-bond donors (Lipinski definition) is 6. The zero-order chi connectivity index (χ0) is 15.5. The molecule has 0 atom stereocenters. The molecule has 0 bridgehead atoms. The van der Waals surface area contributed by atoms with Crippen molar-refractivity contribution in [1.82, 2.24) is 0 Å². The molecule has 109 valence electrons. The van der Waals surface area contributed by atoms with Crippen LogP contribution in [0.25, 0.3) is 0 Å². The Morgan fingerprint density at radius 2 is 0.450 bits per heavy atom. The number of carbonyl (C=O) groups is 6. The van der Waals surface area contributed by atoms with Gasteiger partial charge in [-0.15, -0.1) is 0 Å². The molecule has 0 aromatic rings. The van der Waals surface area contributed by atoms with Crippen molar-refractivity contribution in [3.8, 4) is 0 Å². The second kappa shape index (κ2) is 18.5. The SMILES string of the molecule is O=C(O)C(=O)O.O=C(O)C(=O)O.O=C(O)C(=O)O.[Nd].[Pr]. The number of carboxylic acids is 6. The Morgan fingerprint density at radius 3 is 0.450 bits per heavy atom. The minimum Gasteiger partial charge on any atom is -0.473 e. The molecular formula is C6H6NdO12Pr. The van der Waals surface area contributed by atoms with Crippen LogP contribution in [-0.4, -0.2) is 66.5 Å². The monoisotopic (exact) mass is 553 g/mol. The zero-order valence-corrected chi connectivity index (χ0v) is 16.1. The summed E-state index contributed by atoms with van der Waals surface area (Å²) in [6.45, 7) is 0. The third-order valence-electron chi connectivity index (χ3n) is 0.549. The molecule has 0 rings (SSSR count). The summed E-state index contributed by atoms with van der Waals surface area (Å²) in [7, 11) is 0. The number of hydrogen-bond acceptors (Lipinski definition) is 6. The maximum Gasteiger partial charge on any atom is 0.414 e. The minimum absolute atomic E-state index is 0. The minimum atomic E-state index is -1.82. The summed E-state index contributed by atoms with van der Waals surface area (Å²) in [6.07, 6.45) is 0. The normalized spacial score (nSPS) is 6.60. The third kappa shape index (κ3) is 36.0. The van der Waals surface area contributed by atoms with Crippen molar-refractivity contribution in [2.75, 3.05) is 0 Å². The van der Waals surface area contributed by atoms with Crippen molar-refractivity contribution >= 4 is 35.8 Å². The van der Waals surface area contributed by atoms with E-state index in [1.54, 1.807) is 0 Å². The molecule has 0 heterocycles. The maximum atomic E-state index is 9.10. The molecular weight excluding hydrogens is 549 g/mol. The van der Waals surface area contributed by atoms with Gasteiger partial charge in [-0.2, -0.15) is 0 Å². The first-order valence-electron chi connectivity index (χ1n) is 3.32. The fourth-order valence-corrected chi connectivity index (χ4v) is 0. The van der Waals surface area contributed by atoms with Crippen molar-refractivity contribution in [1.29, 1.82) is 0 Å². The Bertz CT molecular complexity index is 283. The van der Waals surface area contributed by atoms with E-state index < -0.39 is 35.8 Å². The van der Waals surface area contributed by atoms with Crippen LogP contribution in [0.3, 0.4) is 0 Å². The van der Waals surface area contributed by atoms with Crippen LogP contribution in [-0.2, 0) is 28.8 Å². The third-order valence-corrected chi connectivity index (χ3v) is 0.549. The van der Waals surface area contributed by atoms with Gasteiger partial charge in [-0.3, -0.25) is 0 Å². The maximum absolute atomic E-state index is 9.10. The summed E-state index contributed by atoms with van der Waals surface area (Å²) in [6, 6.07) is 0. The van der Waals surface area contributed by atoms with Crippen LogP contribution < -0.4 is 0 Å². The molecule has 0 aromatic carbocycles. The van der Waals surface area contributed by atoms with Gasteiger partial charge in [0, 0.05) is 82.1 Å². The quantitative estimate of drug-likeness (QED) is 0.170. The van der Waals surface area contributed by atoms with E-state index in [2.05, 4.69) is 0 Å². The van der Waals surface area contributed by atoms with Crippen LogP contribution in [0.4, 0.5) is 0 Å². The molecule has 0 aliphatic heterocycles. The summed E-state index contributed by atoms with van der Waals surface area (Å²) in [5.41, 5.74) is 0. The number of aliphatic carboxylic acids is 6. The zero-order valence-electron chi connectivity index (χ0n) is 9.21. The van der Waals surface area contributed by atoms with Crippen molar-refractivity contribution in [3.05, 3.63) is 0 Å². The van der Waals surface area contributed by atoms with Gasteiger partial charge in [0.25, 0.3) is 0 Å². The van der Waals surface area contributed by atoms with Crippen LogP contribution in [0.5, 0.6) is 0 Å². The molecule has 0 aliphatic carbocycles. The van der Waals surface area contributed by atoms with Crippen LogP contribution in [0.15, 0.2) is 0 Å². The van der Waals surface area contributed by atoms with Gasteiger partial charge in [-0.1, -0.05) is 0 Å². The van der Waals surface area contributed by atoms with Crippen LogP contribution in [0.1, 0.15) is 0 Å². The van der Waals surface area contributed by atoms with E-state index in [1.165, 1.54) is 0 Å². The number of carboxylic acid groups (broad SMARTS) is 6. The van der Waals surface area contributed by atoms with E-state index in [0.29, 0.717) is 0 Å². The van der Waals surface area contributed by atoms with E-state index in [-0.39, 0.29) is 82.1 Å². The van der Waals surface area contributed by atoms with Gasteiger partial charge in [0.05, 0.1) is 0 Å². The average Bonchev–Trinajstić information content (AvgIpc) is 2.18. The first-order valence-corrected chi connectivity index (χ1v) is 3.32. The van der Waals surface area contributed by atoms with E-state index in [4.69, 9.17) is 59.4 Å². The molecule has 0 spiro atoms. The summed E-state index contributed by atoms with van der Waals surface area (Å²) >= 11 is 0. The van der Waals surface area contributed by atoms with Gasteiger partial charge >= 0.3 is 35.8 Å². The Kier molecular flexibility index (Phi) is 29.4. The molecule has 0 fully saturated rings. The molecule has 0 aromatic heterocycles. The van der Waals surface area contributed by atoms with Gasteiger partial charge < -0.3 is 30.6 Å². The molecule has 12 nitrogen and oxygen atoms in total. The largest absolute Gasteiger partial charge is 0.473 e. The number of rotatable bonds is 0. The molecule has 0 amide bonds. The standard InChI is InChI=1S/3C2H2O4.Nd.Pr/c3*3-1(4)2(5)6;;/h3*(H,3,4)(H,5,6);;. The van der Waals surface area contributed by atoms with Crippen molar-refractivity contribution in [3.63, 3.8) is 0 Å². The van der Waals surface area contributed by atoms with E-state index in [1.807, 2.05) is 0 Å². The molecule has 1 radical (unpaired) electrons. The Morgan fingerprint density at radius 1 is 0.400 bits per heavy atom. The Hall–Kier alpha value is -0.466. The Balaban J connectivity index is -0.0000000536. The van der Waals surface area contributed by atoms with Gasteiger partial charge in [0.1, 0.15) is 0 Å². The molecule has 0 saturated heterocycles. The van der Waals surface area contributed by atoms with Gasteiger partial charge in [-0.05, 0) is 0 Å². The molecule has 20 heavy (non-hydrogen) atoms. The first-order chi connectivity index (χ1) is 7.93. The van der Waals surface area contributed by atoms with Crippen molar-refractivity contribution in [2.24, 2.45) is 0 Å². The molecule has 0 saturated carbocycles. The summed E-state index contributed by atoms with van der Waals surface area (Å²) in [5, 5.41) is 44.3. The van der Waals surface area contributed by atoms with Crippen LogP contribution in [0, 0.1) is 82.1 Å². The van der Waals surface area contributed by atoms with E-state index in [9.17, 15) is 0 Å². The van der Waals surface area contributed by atoms with Gasteiger partial charge in [0.2, 0.25) is 0 Å². The fourth-order valence-electron chi connectivity index (χ4n) is 0. The molecule has 14 heteroatoms. The smallest absolute Gasteiger partial charge is 0.414 e. The van der Waals surface area contributed by atoms with Crippen molar-refractivity contribution in [2.45, 2.75) is 0 Å². The second-order valence-electron chi connectivity index (χ2n) is 1.83. The second-order valence-corrected chi connectivity index (χ2v) is 1.83. The predicted molar refractivity (Wildman–Crippen MR) is 45.8 cm³/mol. The van der Waals surface area contributed by atoms with Crippen LogP contribution >= 0.6 is 0 Å². The molecule has 6 N–H and O–H groups in total. The fraction of sp³-hybridized carbons (Fsp3) is 0. The topological polar surface area (TPSA) is 224 Å². The van der Waals surface area contributed by atoms with Gasteiger partial charge in [0.15, 0.2) is 0 Å².